The molecule has 0 aromatic heterocycles. The molecule has 0 unspecified atom stereocenters. The van der Waals surface area contributed by atoms with Crippen molar-refractivity contribution in [3.05, 3.63) is 65.7 Å². The van der Waals surface area contributed by atoms with Crippen LogP contribution in [0.5, 0.6) is 0 Å². The molecule has 6 nitrogen and oxygen atoms in total. The Bertz CT molecular complexity index is 876. The standard InChI is InChI=1S/C20H25N3O3S/c1-27(25,26)21-19-10-6-5-9-18(19)20(24)23-15-13-22(14-16-23)12-11-17-7-3-2-4-8-17/h2-10,21H,11-16H2,1H3. The zero-order valence-electron chi connectivity index (χ0n) is 15.5. The Morgan fingerprint density at radius 1 is 0.963 bits per heavy atom. The lowest BCUT2D eigenvalue weighted by Crippen LogP contribution is -2.49. The highest BCUT2D eigenvalue weighted by Gasteiger charge is 2.24. The van der Waals surface area contributed by atoms with Crippen LogP contribution < -0.4 is 4.72 Å². The first-order chi connectivity index (χ1) is 12.9. The number of carbonyl (C=O) groups excluding carboxylic acids is 1. The molecule has 2 aromatic rings. The lowest BCUT2D eigenvalue weighted by molar-refractivity contribution is 0.0639. The van der Waals surface area contributed by atoms with Crippen molar-refractivity contribution in [2.75, 3.05) is 43.7 Å². The number of nitrogens with zero attached hydrogens (tertiary/aromatic N) is 2. The fourth-order valence-corrected chi connectivity index (χ4v) is 3.81. The van der Waals surface area contributed by atoms with E-state index in [1.54, 1.807) is 29.2 Å². The fraction of sp³-hybridized carbons (Fsp3) is 0.350. The monoisotopic (exact) mass is 387 g/mol. The van der Waals surface area contributed by atoms with Crippen molar-refractivity contribution in [2.24, 2.45) is 0 Å². The smallest absolute Gasteiger partial charge is 0.256 e. The molecular formula is C20H25N3O3S. The van der Waals surface area contributed by atoms with E-state index in [4.69, 9.17) is 0 Å². The molecule has 1 fully saturated rings. The zero-order chi connectivity index (χ0) is 19.3. The summed E-state index contributed by atoms with van der Waals surface area (Å²) in [4.78, 5) is 17.0. The van der Waals surface area contributed by atoms with Crippen LogP contribution in [0, 0.1) is 0 Å². The molecular weight excluding hydrogens is 362 g/mol. The number of rotatable bonds is 6. The number of sulfonamides is 1. The molecule has 1 N–H and O–H groups in total. The van der Waals surface area contributed by atoms with Crippen LogP contribution in [0.4, 0.5) is 5.69 Å². The average Bonchev–Trinajstić information content (AvgIpc) is 2.66. The normalized spacial score (nSPS) is 15.5. The maximum Gasteiger partial charge on any atom is 0.256 e. The van der Waals surface area contributed by atoms with Crippen LogP contribution in [0.3, 0.4) is 0 Å². The molecule has 2 aromatic carbocycles. The second kappa shape index (κ2) is 8.54. The molecule has 27 heavy (non-hydrogen) atoms. The number of para-hydroxylation sites is 1. The van der Waals surface area contributed by atoms with Gasteiger partial charge in [0.25, 0.3) is 5.91 Å². The highest BCUT2D eigenvalue weighted by molar-refractivity contribution is 7.92. The van der Waals surface area contributed by atoms with Gasteiger partial charge in [0.1, 0.15) is 0 Å². The second-order valence-electron chi connectivity index (χ2n) is 6.79. The first-order valence-corrected chi connectivity index (χ1v) is 10.9. The predicted molar refractivity (Wildman–Crippen MR) is 107 cm³/mol. The molecule has 3 rings (SSSR count). The topological polar surface area (TPSA) is 69.7 Å². The summed E-state index contributed by atoms with van der Waals surface area (Å²) in [5.74, 6) is -0.135. The lowest BCUT2D eigenvalue weighted by Gasteiger charge is -2.35. The van der Waals surface area contributed by atoms with E-state index in [9.17, 15) is 13.2 Å². The number of anilines is 1. The summed E-state index contributed by atoms with van der Waals surface area (Å²) in [6.45, 7) is 3.89. The Morgan fingerprint density at radius 3 is 2.26 bits per heavy atom. The maximum atomic E-state index is 12.9. The van der Waals surface area contributed by atoms with E-state index in [1.165, 1.54) is 5.56 Å². The minimum absolute atomic E-state index is 0.135. The predicted octanol–water partition coefficient (Wildman–Crippen LogP) is 2.06. The molecule has 1 saturated heterocycles. The molecule has 1 heterocycles. The van der Waals surface area contributed by atoms with Gasteiger partial charge in [0.05, 0.1) is 17.5 Å². The van der Waals surface area contributed by atoms with E-state index in [1.807, 2.05) is 18.2 Å². The first kappa shape index (κ1) is 19.4. The quantitative estimate of drug-likeness (QED) is 0.824. The van der Waals surface area contributed by atoms with Crippen molar-refractivity contribution in [1.82, 2.24) is 9.80 Å². The van der Waals surface area contributed by atoms with E-state index in [-0.39, 0.29) is 5.91 Å². The van der Waals surface area contributed by atoms with Crippen LogP contribution in [0.15, 0.2) is 54.6 Å². The summed E-state index contributed by atoms with van der Waals surface area (Å²) in [6, 6.07) is 17.1. The van der Waals surface area contributed by atoms with E-state index in [2.05, 4.69) is 21.8 Å². The molecule has 7 heteroatoms. The summed E-state index contributed by atoms with van der Waals surface area (Å²) < 4.78 is 25.5. The van der Waals surface area contributed by atoms with Crippen molar-refractivity contribution in [3.63, 3.8) is 0 Å². The van der Waals surface area contributed by atoms with Gasteiger partial charge in [0, 0.05) is 32.7 Å². The summed E-state index contributed by atoms with van der Waals surface area (Å²) >= 11 is 0. The Kier molecular flexibility index (Phi) is 6.13. The van der Waals surface area contributed by atoms with Crippen LogP contribution in [0.25, 0.3) is 0 Å². The van der Waals surface area contributed by atoms with Crippen LogP contribution in [-0.2, 0) is 16.4 Å². The zero-order valence-corrected chi connectivity index (χ0v) is 16.3. The van der Waals surface area contributed by atoms with Crippen LogP contribution in [0.1, 0.15) is 15.9 Å². The van der Waals surface area contributed by atoms with Gasteiger partial charge in [-0.15, -0.1) is 0 Å². The third kappa shape index (κ3) is 5.55. The molecule has 0 radical (unpaired) electrons. The third-order valence-electron chi connectivity index (χ3n) is 4.67. The van der Waals surface area contributed by atoms with Crippen LogP contribution >= 0.6 is 0 Å². The van der Waals surface area contributed by atoms with E-state index >= 15 is 0 Å². The average molecular weight is 388 g/mol. The van der Waals surface area contributed by atoms with Gasteiger partial charge in [0.15, 0.2) is 0 Å². The molecule has 1 aliphatic rings. The number of amides is 1. The van der Waals surface area contributed by atoms with E-state index < -0.39 is 10.0 Å². The van der Waals surface area contributed by atoms with E-state index in [0.717, 1.165) is 32.3 Å². The molecule has 1 aliphatic heterocycles. The third-order valence-corrected chi connectivity index (χ3v) is 5.26. The summed E-state index contributed by atoms with van der Waals surface area (Å²) in [5, 5.41) is 0. The molecule has 0 aliphatic carbocycles. The van der Waals surface area contributed by atoms with Gasteiger partial charge in [-0.05, 0) is 24.1 Å². The lowest BCUT2D eigenvalue weighted by atomic mass is 10.1. The summed E-state index contributed by atoms with van der Waals surface area (Å²) in [7, 11) is -3.44. The minimum Gasteiger partial charge on any atom is -0.336 e. The Balaban J connectivity index is 1.57. The number of carbonyl (C=O) groups is 1. The molecule has 0 atom stereocenters. The summed E-state index contributed by atoms with van der Waals surface area (Å²) in [6.07, 6.45) is 2.08. The fourth-order valence-electron chi connectivity index (χ4n) is 3.24. The van der Waals surface area contributed by atoms with Crippen molar-refractivity contribution < 1.29 is 13.2 Å². The van der Waals surface area contributed by atoms with Gasteiger partial charge in [-0.3, -0.25) is 14.4 Å². The Morgan fingerprint density at radius 2 is 1.59 bits per heavy atom. The Hall–Kier alpha value is -2.38. The van der Waals surface area contributed by atoms with Gasteiger partial charge in [-0.1, -0.05) is 42.5 Å². The summed E-state index contributed by atoms with van der Waals surface area (Å²) in [5.41, 5.74) is 2.04. The largest absolute Gasteiger partial charge is 0.336 e. The second-order valence-corrected chi connectivity index (χ2v) is 8.54. The highest BCUT2D eigenvalue weighted by Crippen LogP contribution is 2.19. The minimum atomic E-state index is -3.44. The number of piperazine rings is 1. The molecule has 0 saturated carbocycles. The first-order valence-electron chi connectivity index (χ1n) is 9.05. The van der Waals surface area contributed by atoms with Crippen molar-refractivity contribution in [2.45, 2.75) is 6.42 Å². The van der Waals surface area contributed by atoms with Crippen LogP contribution in [-0.4, -0.2) is 63.1 Å². The number of hydrogen-bond donors (Lipinski definition) is 1. The SMILES string of the molecule is CS(=O)(=O)Nc1ccccc1C(=O)N1CCN(CCc2ccccc2)CC1. The number of hydrogen-bond acceptors (Lipinski definition) is 4. The van der Waals surface area contributed by atoms with Gasteiger partial charge < -0.3 is 4.90 Å². The van der Waals surface area contributed by atoms with Crippen molar-refractivity contribution >= 4 is 21.6 Å². The van der Waals surface area contributed by atoms with Crippen LogP contribution in [0.2, 0.25) is 0 Å². The van der Waals surface area contributed by atoms with Gasteiger partial charge in [-0.2, -0.15) is 0 Å². The number of nitrogens with one attached hydrogen (secondary N) is 1. The van der Waals surface area contributed by atoms with Gasteiger partial charge in [0.2, 0.25) is 10.0 Å². The maximum absolute atomic E-state index is 12.9. The van der Waals surface area contributed by atoms with Crippen molar-refractivity contribution in [1.29, 1.82) is 0 Å². The van der Waals surface area contributed by atoms with Gasteiger partial charge >= 0.3 is 0 Å². The van der Waals surface area contributed by atoms with Gasteiger partial charge in [-0.25, -0.2) is 8.42 Å². The van der Waals surface area contributed by atoms with E-state index in [0.29, 0.717) is 24.3 Å². The molecule has 1 amide bonds. The Labute approximate surface area is 160 Å². The molecule has 0 spiro atoms. The van der Waals surface area contributed by atoms with Crippen molar-refractivity contribution in [3.8, 4) is 0 Å². The number of benzene rings is 2. The molecule has 0 bridgehead atoms. The highest BCUT2D eigenvalue weighted by atomic mass is 32.2. The molecule has 144 valence electrons.